The number of nitrogens with one attached hydrogen (secondary N) is 1. The molecule has 2 aromatic rings. The van der Waals surface area contributed by atoms with Crippen molar-refractivity contribution in [2.45, 2.75) is 88.5 Å². The fraction of sp³-hybridized carbons (Fsp3) is 0.536. The van der Waals surface area contributed by atoms with Crippen molar-refractivity contribution in [2.24, 2.45) is 0 Å². The van der Waals surface area contributed by atoms with Crippen LogP contribution in [0.25, 0.3) is 0 Å². The first-order chi connectivity index (χ1) is 17.4. The minimum atomic E-state index is -0.408. The van der Waals surface area contributed by atoms with Gasteiger partial charge < -0.3 is 39.7 Å². The monoisotopic (exact) mass is 510 g/mol. The zero-order chi connectivity index (χ0) is 26.3. The van der Waals surface area contributed by atoms with Gasteiger partial charge in [-0.2, -0.15) is 0 Å². The Morgan fingerprint density at radius 2 is 1.51 bits per heavy atom. The van der Waals surface area contributed by atoms with Crippen LogP contribution in [0.1, 0.15) is 63.7 Å². The van der Waals surface area contributed by atoms with E-state index in [1.165, 1.54) is 23.1 Å². The molecule has 1 amide bonds. The SMILES string of the molecule is CC1(C)OC1CCC1(C)OC1CCC1(C)OC1CN1C(=O)c2cccc(O)c2Nc2c(O)cc(O)cc21. The van der Waals surface area contributed by atoms with E-state index in [1.807, 2.05) is 6.92 Å². The summed E-state index contributed by atoms with van der Waals surface area (Å²) in [6.07, 6.45) is 3.90. The second-order valence-electron chi connectivity index (χ2n) is 11.7. The summed E-state index contributed by atoms with van der Waals surface area (Å²) in [6.45, 7) is 8.67. The van der Waals surface area contributed by atoms with Crippen LogP contribution in [0.5, 0.6) is 17.2 Å². The Bertz CT molecular complexity index is 1280. The number of carbonyl (C=O) groups is 1. The Labute approximate surface area is 215 Å². The lowest BCUT2D eigenvalue weighted by Gasteiger charge is -2.23. The number of nitrogens with zero attached hydrogens (tertiary/aromatic N) is 1. The van der Waals surface area contributed by atoms with Crippen LogP contribution in [0.4, 0.5) is 17.1 Å². The molecule has 3 fully saturated rings. The van der Waals surface area contributed by atoms with Crippen molar-refractivity contribution in [1.82, 2.24) is 0 Å². The lowest BCUT2D eigenvalue weighted by molar-refractivity contribution is 0.0986. The average Bonchev–Trinajstić information content (AvgIpc) is 3.76. The summed E-state index contributed by atoms with van der Waals surface area (Å²) in [4.78, 5) is 15.1. The first-order valence-corrected chi connectivity index (χ1v) is 12.9. The highest BCUT2D eigenvalue weighted by Crippen LogP contribution is 2.51. The number of rotatable bonds is 8. The van der Waals surface area contributed by atoms with Gasteiger partial charge in [-0.3, -0.25) is 4.79 Å². The highest BCUT2D eigenvalue weighted by Gasteiger charge is 2.58. The minimum absolute atomic E-state index is 0.00492. The molecule has 4 N–H and O–H groups in total. The molecule has 0 aliphatic carbocycles. The van der Waals surface area contributed by atoms with Crippen molar-refractivity contribution in [3.8, 4) is 17.2 Å². The molecule has 0 radical (unpaired) electrons. The molecular weight excluding hydrogens is 476 g/mol. The van der Waals surface area contributed by atoms with E-state index in [-0.39, 0.29) is 70.0 Å². The molecule has 6 rings (SSSR count). The van der Waals surface area contributed by atoms with Crippen LogP contribution >= 0.6 is 0 Å². The van der Waals surface area contributed by atoms with Crippen molar-refractivity contribution in [3.63, 3.8) is 0 Å². The first-order valence-electron chi connectivity index (χ1n) is 12.9. The normalized spacial score (nSPS) is 32.7. The summed E-state index contributed by atoms with van der Waals surface area (Å²) < 4.78 is 17.9. The third kappa shape index (κ3) is 4.28. The topological polar surface area (TPSA) is 131 Å². The van der Waals surface area contributed by atoms with Gasteiger partial charge in [-0.05, 0) is 65.5 Å². The summed E-state index contributed by atoms with van der Waals surface area (Å²) in [7, 11) is 0. The number of aromatic hydroxyl groups is 3. The summed E-state index contributed by atoms with van der Waals surface area (Å²) >= 11 is 0. The van der Waals surface area contributed by atoms with E-state index in [4.69, 9.17) is 14.2 Å². The predicted molar refractivity (Wildman–Crippen MR) is 137 cm³/mol. The zero-order valence-electron chi connectivity index (χ0n) is 21.6. The average molecular weight is 511 g/mol. The number of anilines is 3. The highest BCUT2D eigenvalue weighted by atomic mass is 16.6. The minimum Gasteiger partial charge on any atom is -0.508 e. The molecule has 37 heavy (non-hydrogen) atoms. The lowest BCUT2D eigenvalue weighted by Crippen LogP contribution is -2.35. The van der Waals surface area contributed by atoms with E-state index in [2.05, 4.69) is 26.1 Å². The van der Waals surface area contributed by atoms with Crippen molar-refractivity contribution in [3.05, 3.63) is 35.9 Å². The largest absolute Gasteiger partial charge is 0.508 e. The predicted octanol–water partition coefficient (Wildman–Crippen LogP) is 4.56. The van der Waals surface area contributed by atoms with Crippen molar-refractivity contribution >= 4 is 23.0 Å². The van der Waals surface area contributed by atoms with E-state index < -0.39 is 5.60 Å². The molecule has 4 aliphatic heterocycles. The molecule has 0 saturated carbocycles. The van der Waals surface area contributed by atoms with Crippen molar-refractivity contribution in [1.29, 1.82) is 0 Å². The third-order valence-electron chi connectivity index (χ3n) is 8.53. The van der Waals surface area contributed by atoms with Crippen LogP contribution in [0.2, 0.25) is 0 Å². The second kappa shape index (κ2) is 7.99. The third-order valence-corrected chi connectivity index (χ3v) is 8.53. The Morgan fingerprint density at radius 1 is 0.865 bits per heavy atom. The lowest BCUT2D eigenvalue weighted by atomic mass is 9.92. The van der Waals surface area contributed by atoms with Crippen molar-refractivity contribution in [2.75, 3.05) is 16.8 Å². The highest BCUT2D eigenvalue weighted by molar-refractivity contribution is 6.15. The van der Waals surface area contributed by atoms with Gasteiger partial charge in [0.2, 0.25) is 0 Å². The van der Waals surface area contributed by atoms with E-state index >= 15 is 0 Å². The molecule has 5 atom stereocenters. The van der Waals surface area contributed by atoms with Crippen LogP contribution in [0.3, 0.4) is 0 Å². The fourth-order valence-electron chi connectivity index (χ4n) is 5.71. The maximum absolute atomic E-state index is 13.6. The van der Waals surface area contributed by atoms with Crippen LogP contribution in [-0.4, -0.2) is 62.9 Å². The van der Waals surface area contributed by atoms with E-state index in [9.17, 15) is 20.1 Å². The number of epoxide rings is 3. The summed E-state index contributed by atoms with van der Waals surface area (Å²) in [5.74, 6) is -0.865. The van der Waals surface area contributed by atoms with Crippen LogP contribution in [0, 0.1) is 0 Å². The van der Waals surface area contributed by atoms with Crippen LogP contribution in [0.15, 0.2) is 30.3 Å². The van der Waals surface area contributed by atoms with Gasteiger partial charge in [-0.25, -0.2) is 0 Å². The Kier molecular flexibility index (Phi) is 5.26. The molecule has 0 bridgehead atoms. The number of hydrogen-bond donors (Lipinski definition) is 4. The quantitative estimate of drug-likeness (QED) is 0.231. The van der Waals surface area contributed by atoms with Gasteiger partial charge >= 0.3 is 0 Å². The number of benzene rings is 2. The number of hydrogen-bond acceptors (Lipinski definition) is 8. The molecule has 5 unspecified atom stereocenters. The van der Waals surface area contributed by atoms with Gasteiger partial charge in [0.25, 0.3) is 5.91 Å². The van der Waals surface area contributed by atoms with E-state index in [0.717, 1.165) is 25.7 Å². The Morgan fingerprint density at radius 3 is 2.22 bits per heavy atom. The summed E-state index contributed by atoms with van der Waals surface area (Å²) in [5.41, 5.74) is 0.501. The maximum atomic E-state index is 13.6. The van der Waals surface area contributed by atoms with E-state index in [1.54, 1.807) is 12.1 Å². The zero-order valence-corrected chi connectivity index (χ0v) is 21.6. The van der Waals surface area contributed by atoms with Gasteiger partial charge in [0.1, 0.15) is 29.0 Å². The number of phenols is 3. The summed E-state index contributed by atoms with van der Waals surface area (Å²) in [5, 5.41) is 34.1. The maximum Gasteiger partial charge on any atom is 0.260 e. The molecule has 4 heterocycles. The van der Waals surface area contributed by atoms with Gasteiger partial charge in [0.15, 0.2) is 0 Å². The van der Waals surface area contributed by atoms with Gasteiger partial charge in [-0.15, -0.1) is 0 Å². The molecule has 2 aromatic carbocycles. The number of amides is 1. The Hall–Kier alpha value is -3.01. The van der Waals surface area contributed by atoms with Crippen LogP contribution in [-0.2, 0) is 14.2 Å². The summed E-state index contributed by atoms with van der Waals surface area (Å²) in [6, 6.07) is 7.31. The smallest absolute Gasteiger partial charge is 0.260 e. The molecule has 9 nitrogen and oxygen atoms in total. The van der Waals surface area contributed by atoms with Gasteiger partial charge in [0.05, 0.1) is 52.5 Å². The molecule has 198 valence electrons. The van der Waals surface area contributed by atoms with Crippen LogP contribution < -0.4 is 10.2 Å². The number of fused-ring (bicyclic) bond motifs is 2. The standard InChI is InChI=1S/C28H34N2O7/c1-26(2)20(35-26)8-10-27(3)21(36-27)9-11-28(4)22(37-28)14-30-17-12-15(31)13-19(33)24(17)29-23-16(25(30)34)6-5-7-18(23)32/h5-7,12-13,20-22,29,31-33H,8-11,14H2,1-4H3. The molecular formula is C28H34N2O7. The number of carbonyl (C=O) groups excluding carboxylic acids is 1. The number of ether oxygens (including phenoxy) is 3. The molecule has 9 heteroatoms. The first kappa shape index (κ1) is 24.3. The molecule has 4 aliphatic rings. The Balaban J connectivity index is 1.14. The fourth-order valence-corrected chi connectivity index (χ4v) is 5.71. The number of para-hydroxylation sites is 1. The molecule has 3 saturated heterocycles. The number of phenolic OH excluding ortho intramolecular Hbond substituents is 3. The molecule has 0 spiro atoms. The van der Waals surface area contributed by atoms with Gasteiger partial charge in [-0.1, -0.05) is 6.07 Å². The van der Waals surface area contributed by atoms with Gasteiger partial charge in [0, 0.05) is 12.1 Å². The second-order valence-corrected chi connectivity index (χ2v) is 11.7. The molecule has 0 aromatic heterocycles. The van der Waals surface area contributed by atoms with Crippen molar-refractivity contribution < 1.29 is 34.3 Å². The van der Waals surface area contributed by atoms with E-state index in [0.29, 0.717) is 11.8 Å².